The van der Waals surface area contributed by atoms with Crippen LogP contribution in [0, 0.1) is 13.8 Å². The van der Waals surface area contributed by atoms with E-state index in [4.69, 9.17) is 4.42 Å². The van der Waals surface area contributed by atoms with Gasteiger partial charge in [-0.2, -0.15) is 0 Å². The third-order valence-electron chi connectivity index (χ3n) is 4.14. The van der Waals surface area contributed by atoms with Gasteiger partial charge in [0.25, 0.3) is 0 Å². The first-order chi connectivity index (χ1) is 13.3. The molecule has 0 saturated heterocycles. The topological polar surface area (TPSA) is 108 Å². The number of phenols is 2. The van der Waals surface area contributed by atoms with E-state index >= 15 is 0 Å². The van der Waals surface area contributed by atoms with Crippen LogP contribution >= 0.6 is 31.9 Å². The van der Waals surface area contributed by atoms with E-state index in [1.807, 2.05) is 25.1 Å². The van der Waals surface area contributed by atoms with E-state index in [2.05, 4.69) is 51.8 Å². The molecule has 7 nitrogen and oxygen atoms in total. The zero-order chi connectivity index (χ0) is 20.0. The van der Waals surface area contributed by atoms with Crippen molar-refractivity contribution in [2.75, 3.05) is 0 Å². The van der Waals surface area contributed by atoms with Crippen LogP contribution in [0.2, 0.25) is 0 Å². The van der Waals surface area contributed by atoms with E-state index in [1.54, 1.807) is 13.0 Å². The van der Waals surface area contributed by atoms with Crippen molar-refractivity contribution in [1.29, 1.82) is 0 Å². The number of nitrogens with zero attached hydrogens (tertiary/aromatic N) is 3. The molecule has 0 aliphatic carbocycles. The molecule has 142 valence electrons. The number of hydrogen-bond donors (Lipinski definition) is 3. The fraction of sp³-hybridized carbons (Fsp3) is 0.105. The number of nitrogens with one attached hydrogen (secondary N) is 1. The molecule has 0 fully saturated rings. The summed E-state index contributed by atoms with van der Waals surface area (Å²) >= 11 is 6.39. The zero-order valence-electron chi connectivity index (χ0n) is 14.8. The van der Waals surface area contributed by atoms with Crippen LogP contribution < -0.4 is 0 Å². The molecule has 0 bridgehead atoms. The summed E-state index contributed by atoms with van der Waals surface area (Å²) in [6, 6.07) is 7.13. The SMILES string of the molecule is Cc1nc(-c2nc3cc(/N=C/c4cc(Br)c(O)c(Br)c4O)ccc3[nH]2)c(C)o1. The molecule has 0 saturated carbocycles. The van der Waals surface area contributed by atoms with Crippen molar-refractivity contribution in [3.63, 3.8) is 0 Å². The molecular formula is C19H14Br2N4O3. The van der Waals surface area contributed by atoms with Gasteiger partial charge in [-0.1, -0.05) is 0 Å². The number of phenolic OH excluding ortho intramolecular Hbond substituents is 2. The maximum atomic E-state index is 10.2. The fourth-order valence-corrected chi connectivity index (χ4v) is 3.95. The second-order valence-corrected chi connectivity index (χ2v) is 7.79. The summed E-state index contributed by atoms with van der Waals surface area (Å²) < 4.78 is 6.12. The Labute approximate surface area is 176 Å². The molecule has 0 atom stereocenters. The van der Waals surface area contributed by atoms with E-state index in [0.29, 0.717) is 38.9 Å². The minimum absolute atomic E-state index is 0.0708. The number of H-pyrrole nitrogens is 1. The maximum absolute atomic E-state index is 10.2. The third-order valence-corrected chi connectivity index (χ3v) is 5.50. The lowest BCUT2D eigenvalue weighted by Crippen LogP contribution is -1.85. The number of halogens is 2. The number of hydrogen-bond acceptors (Lipinski definition) is 6. The van der Waals surface area contributed by atoms with Crippen molar-refractivity contribution >= 4 is 54.8 Å². The van der Waals surface area contributed by atoms with E-state index in [9.17, 15) is 10.2 Å². The molecule has 0 amide bonds. The highest BCUT2D eigenvalue weighted by Crippen LogP contribution is 2.40. The van der Waals surface area contributed by atoms with Gasteiger partial charge in [-0.05, 0) is 63.0 Å². The van der Waals surface area contributed by atoms with Crippen LogP contribution in [0.3, 0.4) is 0 Å². The maximum Gasteiger partial charge on any atom is 0.191 e. The molecule has 0 spiro atoms. The molecule has 0 aliphatic heterocycles. The van der Waals surface area contributed by atoms with Crippen molar-refractivity contribution in [2.24, 2.45) is 4.99 Å². The van der Waals surface area contributed by atoms with Gasteiger partial charge in [-0.25, -0.2) is 9.97 Å². The van der Waals surface area contributed by atoms with Gasteiger partial charge in [0.05, 0.1) is 21.2 Å². The predicted octanol–water partition coefficient (Wildman–Crippen LogP) is 5.52. The first kappa shape index (κ1) is 18.7. The number of aromatic nitrogens is 3. The Hall–Kier alpha value is -2.65. The number of rotatable bonds is 3. The number of fused-ring (bicyclic) bond motifs is 1. The summed E-state index contributed by atoms with van der Waals surface area (Å²) in [5, 5.41) is 20.0. The van der Waals surface area contributed by atoms with Gasteiger partial charge in [-0.15, -0.1) is 0 Å². The normalized spacial score (nSPS) is 11.7. The minimum atomic E-state index is -0.0931. The van der Waals surface area contributed by atoms with Crippen molar-refractivity contribution < 1.29 is 14.6 Å². The summed E-state index contributed by atoms with van der Waals surface area (Å²) in [4.78, 5) is 16.6. The van der Waals surface area contributed by atoms with Crippen LogP contribution in [0.15, 0.2) is 42.6 Å². The van der Waals surface area contributed by atoms with Gasteiger partial charge in [0.15, 0.2) is 11.7 Å². The van der Waals surface area contributed by atoms with Gasteiger partial charge < -0.3 is 19.6 Å². The van der Waals surface area contributed by atoms with Crippen molar-refractivity contribution in [3.05, 3.63) is 50.4 Å². The molecule has 0 radical (unpaired) electrons. The lowest BCUT2D eigenvalue weighted by atomic mass is 10.2. The quantitative estimate of drug-likeness (QED) is 0.317. The first-order valence-corrected chi connectivity index (χ1v) is 9.80. The number of aromatic amines is 1. The molecule has 4 rings (SSSR count). The van der Waals surface area contributed by atoms with Crippen molar-refractivity contribution in [2.45, 2.75) is 13.8 Å². The highest BCUT2D eigenvalue weighted by Gasteiger charge is 2.14. The van der Waals surface area contributed by atoms with E-state index in [-0.39, 0.29) is 16.0 Å². The molecule has 0 aliphatic rings. The molecule has 3 N–H and O–H groups in total. The molecule has 28 heavy (non-hydrogen) atoms. The number of aromatic hydroxyl groups is 2. The number of imidazole rings is 1. The molecule has 2 aromatic heterocycles. The summed E-state index contributed by atoms with van der Waals surface area (Å²) in [5.41, 5.74) is 3.39. The number of aliphatic imine (C=N–C) groups is 1. The lowest BCUT2D eigenvalue weighted by molar-refractivity contribution is 0.442. The smallest absolute Gasteiger partial charge is 0.191 e. The summed E-state index contributed by atoms with van der Waals surface area (Å²) in [6.45, 7) is 3.64. The molecule has 4 aromatic rings. The number of benzene rings is 2. The van der Waals surface area contributed by atoms with E-state index in [0.717, 1.165) is 11.0 Å². The Kier molecular flexibility index (Phi) is 4.72. The minimum Gasteiger partial charge on any atom is -0.506 e. The van der Waals surface area contributed by atoms with Gasteiger partial charge in [0.2, 0.25) is 0 Å². The first-order valence-electron chi connectivity index (χ1n) is 8.21. The highest BCUT2D eigenvalue weighted by molar-refractivity contribution is 9.11. The van der Waals surface area contributed by atoms with E-state index < -0.39 is 0 Å². The van der Waals surface area contributed by atoms with Crippen LogP contribution in [0.5, 0.6) is 11.5 Å². The fourth-order valence-electron chi connectivity index (χ4n) is 2.79. The average molecular weight is 506 g/mol. The summed E-state index contributed by atoms with van der Waals surface area (Å²) in [6.07, 6.45) is 1.52. The predicted molar refractivity (Wildman–Crippen MR) is 113 cm³/mol. The monoisotopic (exact) mass is 504 g/mol. The summed E-state index contributed by atoms with van der Waals surface area (Å²) in [7, 11) is 0. The molecule has 0 unspecified atom stereocenters. The van der Waals surface area contributed by atoms with E-state index in [1.165, 1.54) is 6.21 Å². The van der Waals surface area contributed by atoms with Gasteiger partial charge in [-0.3, -0.25) is 4.99 Å². The highest BCUT2D eigenvalue weighted by atomic mass is 79.9. The van der Waals surface area contributed by atoms with Gasteiger partial charge >= 0.3 is 0 Å². The Bertz CT molecular complexity index is 1240. The Morgan fingerprint density at radius 3 is 2.61 bits per heavy atom. The average Bonchev–Trinajstić information content (AvgIpc) is 3.23. The number of aryl methyl sites for hydroxylation is 2. The second-order valence-electron chi connectivity index (χ2n) is 6.14. The van der Waals surface area contributed by atoms with Gasteiger partial charge in [0, 0.05) is 18.7 Å². The number of oxazole rings is 1. The Balaban J connectivity index is 1.69. The van der Waals surface area contributed by atoms with Crippen LogP contribution in [0.1, 0.15) is 17.2 Å². The standard InChI is InChI=1S/C19H14Br2N4O3/c1-8-16(23-9(2)28-8)19-24-13-4-3-11(6-14(13)25-19)22-7-10-5-12(20)18(27)15(21)17(10)26/h3-7,26-27H,1-2H3,(H,24,25)/b22-7+. The van der Waals surface area contributed by atoms with Crippen LogP contribution in [-0.2, 0) is 0 Å². The van der Waals surface area contributed by atoms with Crippen LogP contribution in [-0.4, -0.2) is 31.4 Å². The summed E-state index contributed by atoms with van der Waals surface area (Å²) in [5.74, 6) is 1.76. The molecular weight excluding hydrogens is 492 g/mol. The molecule has 9 heteroatoms. The second kappa shape index (κ2) is 7.06. The lowest BCUT2D eigenvalue weighted by Gasteiger charge is -2.06. The molecule has 2 heterocycles. The van der Waals surface area contributed by atoms with Crippen molar-refractivity contribution in [3.8, 4) is 23.0 Å². The Morgan fingerprint density at radius 2 is 1.89 bits per heavy atom. The van der Waals surface area contributed by atoms with Crippen molar-refractivity contribution in [1.82, 2.24) is 15.0 Å². The third kappa shape index (κ3) is 3.31. The van der Waals surface area contributed by atoms with Crippen LogP contribution in [0.25, 0.3) is 22.6 Å². The zero-order valence-corrected chi connectivity index (χ0v) is 18.0. The van der Waals surface area contributed by atoms with Crippen LogP contribution in [0.4, 0.5) is 5.69 Å². The van der Waals surface area contributed by atoms with Gasteiger partial charge in [0.1, 0.15) is 27.4 Å². The Morgan fingerprint density at radius 1 is 1.11 bits per heavy atom. The molecule has 2 aromatic carbocycles. The largest absolute Gasteiger partial charge is 0.506 e.